The summed E-state index contributed by atoms with van der Waals surface area (Å²) in [5, 5.41) is 2.76. The molecule has 2 aliphatic rings. The molecule has 2 aromatic carbocycles. The zero-order valence-corrected chi connectivity index (χ0v) is 13.8. The largest absolute Gasteiger partial charge is 0.337 e. The third kappa shape index (κ3) is 2.90. The fraction of sp³-hybridized carbons (Fsp3) is 0.300. The van der Waals surface area contributed by atoms with Crippen molar-refractivity contribution in [2.24, 2.45) is 5.41 Å². The molecule has 0 bridgehead atoms. The topological polar surface area (TPSA) is 49.4 Å². The van der Waals surface area contributed by atoms with Gasteiger partial charge in [-0.25, -0.2) is 4.39 Å². The van der Waals surface area contributed by atoms with E-state index in [-0.39, 0.29) is 17.6 Å². The zero-order valence-electron chi connectivity index (χ0n) is 13.8. The lowest BCUT2D eigenvalue weighted by atomic mass is 9.97. The van der Waals surface area contributed by atoms with Crippen molar-refractivity contribution >= 4 is 17.5 Å². The monoisotopic (exact) mass is 338 g/mol. The van der Waals surface area contributed by atoms with E-state index in [0.29, 0.717) is 31.6 Å². The Kier molecular flexibility index (Phi) is 3.79. The van der Waals surface area contributed by atoms with Crippen molar-refractivity contribution in [2.45, 2.75) is 25.8 Å². The second kappa shape index (κ2) is 5.99. The molecule has 1 aliphatic heterocycles. The van der Waals surface area contributed by atoms with Crippen LogP contribution in [0.3, 0.4) is 0 Å². The highest BCUT2D eigenvalue weighted by Crippen LogP contribution is 2.48. The van der Waals surface area contributed by atoms with Gasteiger partial charge in [-0.15, -0.1) is 0 Å². The SMILES string of the molecule is O=C(Nc1ccc(F)cc1)C1(C(=O)N2CCc3ccccc3C2)CC1. The molecule has 0 atom stereocenters. The van der Waals surface area contributed by atoms with Gasteiger partial charge >= 0.3 is 0 Å². The zero-order chi connectivity index (χ0) is 17.4. The molecular weight excluding hydrogens is 319 g/mol. The quantitative estimate of drug-likeness (QED) is 0.874. The minimum Gasteiger partial charge on any atom is -0.337 e. The molecule has 1 N–H and O–H groups in total. The molecular formula is C20H19FN2O2. The van der Waals surface area contributed by atoms with Crippen LogP contribution < -0.4 is 5.32 Å². The number of nitrogens with one attached hydrogen (secondary N) is 1. The number of carbonyl (C=O) groups excluding carboxylic acids is 2. The van der Waals surface area contributed by atoms with Crippen LogP contribution in [0.5, 0.6) is 0 Å². The number of anilines is 1. The van der Waals surface area contributed by atoms with E-state index < -0.39 is 5.41 Å². The fourth-order valence-corrected chi connectivity index (χ4v) is 3.42. The van der Waals surface area contributed by atoms with Crippen LogP contribution in [0.25, 0.3) is 0 Å². The van der Waals surface area contributed by atoms with Gasteiger partial charge in [0.1, 0.15) is 11.2 Å². The van der Waals surface area contributed by atoms with Gasteiger partial charge in [-0.3, -0.25) is 9.59 Å². The normalized spacial score (nSPS) is 17.6. The van der Waals surface area contributed by atoms with Crippen LogP contribution in [0.15, 0.2) is 48.5 Å². The number of benzene rings is 2. The minimum absolute atomic E-state index is 0.0957. The molecule has 0 radical (unpaired) electrons. The van der Waals surface area contributed by atoms with Crippen molar-refractivity contribution in [3.63, 3.8) is 0 Å². The van der Waals surface area contributed by atoms with Crippen molar-refractivity contribution in [3.05, 3.63) is 65.5 Å². The summed E-state index contributed by atoms with van der Waals surface area (Å²) in [6.45, 7) is 1.20. The summed E-state index contributed by atoms with van der Waals surface area (Å²) in [5.41, 5.74) is 1.97. The molecule has 4 rings (SSSR count). The predicted octanol–water partition coefficient (Wildman–Crippen LogP) is 3.13. The number of amides is 2. The molecule has 4 nitrogen and oxygen atoms in total. The van der Waals surface area contributed by atoms with Crippen LogP contribution in [0.4, 0.5) is 10.1 Å². The molecule has 1 fully saturated rings. The Morgan fingerprint density at radius 1 is 1.00 bits per heavy atom. The standard InChI is InChI=1S/C20H19FN2O2/c21-16-5-7-17(8-6-16)22-18(24)20(10-11-20)19(25)23-12-9-14-3-1-2-4-15(14)13-23/h1-8H,9-13H2,(H,22,24). The first kappa shape index (κ1) is 15.8. The van der Waals surface area contributed by atoms with Crippen molar-refractivity contribution in [1.82, 2.24) is 4.90 Å². The molecule has 0 saturated heterocycles. The molecule has 2 amide bonds. The first-order valence-corrected chi connectivity index (χ1v) is 8.52. The summed E-state index contributed by atoms with van der Waals surface area (Å²) in [7, 11) is 0. The Bertz CT molecular complexity index is 828. The molecule has 25 heavy (non-hydrogen) atoms. The smallest absolute Gasteiger partial charge is 0.240 e. The van der Waals surface area contributed by atoms with Crippen LogP contribution in [-0.4, -0.2) is 23.3 Å². The summed E-state index contributed by atoms with van der Waals surface area (Å²) in [6, 6.07) is 13.7. The van der Waals surface area contributed by atoms with Crippen LogP contribution in [0, 0.1) is 11.2 Å². The summed E-state index contributed by atoms with van der Waals surface area (Å²) in [5.74, 6) is -0.744. The Hall–Kier alpha value is -2.69. The molecule has 0 aromatic heterocycles. The number of hydrogen-bond acceptors (Lipinski definition) is 2. The Morgan fingerprint density at radius 3 is 2.36 bits per heavy atom. The van der Waals surface area contributed by atoms with Crippen molar-refractivity contribution < 1.29 is 14.0 Å². The molecule has 1 saturated carbocycles. The highest BCUT2D eigenvalue weighted by molar-refractivity contribution is 6.13. The Labute approximate surface area is 145 Å². The van der Waals surface area contributed by atoms with Gasteiger partial charge in [-0.1, -0.05) is 24.3 Å². The molecule has 0 spiro atoms. The predicted molar refractivity (Wildman–Crippen MR) is 92.3 cm³/mol. The van der Waals surface area contributed by atoms with Gasteiger partial charge in [-0.05, 0) is 54.7 Å². The maximum absolute atomic E-state index is 13.0. The van der Waals surface area contributed by atoms with Crippen LogP contribution in [-0.2, 0) is 22.6 Å². The maximum atomic E-state index is 13.0. The molecule has 0 unspecified atom stereocenters. The number of rotatable bonds is 3. The summed E-state index contributed by atoms with van der Waals surface area (Å²) < 4.78 is 13.0. The molecule has 1 aliphatic carbocycles. The Morgan fingerprint density at radius 2 is 1.68 bits per heavy atom. The number of halogens is 1. The summed E-state index contributed by atoms with van der Waals surface area (Å²) in [6.07, 6.45) is 1.95. The number of fused-ring (bicyclic) bond motifs is 1. The first-order chi connectivity index (χ1) is 12.1. The van der Waals surface area contributed by atoms with Gasteiger partial charge in [0.2, 0.25) is 11.8 Å². The van der Waals surface area contributed by atoms with Gasteiger partial charge in [0, 0.05) is 18.8 Å². The third-order valence-electron chi connectivity index (χ3n) is 5.11. The summed E-state index contributed by atoms with van der Waals surface area (Å²) >= 11 is 0. The van der Waals surface area contributed by atoms with Crippen LogP contribution in [0.1, 0.15) is 24.0 Å². The van der Waals surface area contributed by atoms with Gasteiger partial charge in [0.05, 0.1) is 0 Å². The van der Waals surface area contributed by atoms with E-state index in [4.69, 9.17) is 0 Å². The second-order valence-corrected chi connectivity index (χ2v) is 6.79. The van der Waals surface area contributed by atoms with Crippen molar-refractivity contribution in [3.8, 4) is 0 Å². The van der Waals surface area contributed by atoms with Gasteiger partial charge in [0.25, 0.3) is 0 Å². The number of nitrogens with zero attached hydrogens (tertiary/aromatic N) is 1. The van der Waals surface area contributed by atoms with Crippen molar-refractivity contribution in [2.75, 3.05) is 11.9 Å². The number of hydrogen-bond donors (Lipinski definition) is 1. The van der Waals surface area contributed by atoms with Crippen LogP contribution >= 0.6 is 0 Å². The third-order valence-corrected chi connectivity index (χ3v) is 5.11. The van der Waals surface area contributed by atoms with Gasteiger partial charge in [0.15, 0.2) is 0 Å². The molecule has 1 heterocycles. The average molecular weight is 338 g/mol. The van der Waals surface area contributed by atoms with E-state index in [9.17, 15) is 14.0 Å². The molecule has 128 valence electrons. The molecule has 2 aromatic rings. The molecule has 5 heteroatoms. The maximum Gasteiger partial charge on any atom is 0.240 e. The first-order valence-electron chi connectivity index (χ1n) is 8.52. The lowest BCUT2D eigenvalue weighted by Crippen LogP contribution is -2.45. The second-order valence-electron chi connectivity index (χ2n) is 6.79. The summed E-state index contributed by atoms with van der Waals surface area (Å²) in [4.78, 5) is 27.4. The minimum atomic E-state index is -0.958. The van der Waals surface area contributed by atoms with E-state index in [0.717, 1.165) is 12.0 Å². The Balaban J connectivity index is 1.48. The van der Waals surface area contributed by atoms with Gasteiger partial charge in [-0.2, -0.15) is 0 Å². The highest BCUT2D eigenvalue weighted by atomic mass is 19.1. The van der Waals surface area contributed by atoms with Crippen LogP contribution in [0.2, 0.25) is 0 Å². The fourth-order valence-electron chi connectivity index (χ4n) is 3.42. The van der Waals surface area contributed by atoms with E-state index in [1.807, 2.05) is 18.2 Å². The van der Waals surface area contributed by atoms with E-state index in [1.165, 1.54) is 29.8 Å². The van der Waals surface area contributed by atoms with Crippen molar-refractivity contribution in [1.29, 1.82) is 0 Å². The van der Waals surface area contributed by atoms with E-state index in [1.54, 1.807) is 4.90 Å². The highest BCUT2D eigenvalue weighted by Gasteiger charge is 2.58. The lowest BCUT2D eigenvalue weighted by molar-refractivity contribution is -0.143. The average Bonchev–Trinajstić information content (AvgIpc) is 3.44. The van der Waals surface area contributed by atoms with E-state index in [2.05, 4.69) is 11.4 Å². The van der Waals surface area contributed by atoms with Gasteiger partial charge < -0.3 is 10.2 Å². The lowest BCUT2D eigenvalue weighted by Gasteiger charge is -2.31. The number of carbonyl (C=O) groups is 2. The van der Waals surface area contributed by atoms with E-state index >= 15 is 0 Å².